The van der Waals surface area contributed by atoms with Gasteiger partial charge in [0.05, 0.1) is 25.4 Å². The highest BCUT2D eigenvalue weighted by molar-refractivity contribution is 4.72. The molecule has 3 nitrogen and oxygen atoms in total. The molecule has 0 amide bonds. The van der Waals surface area contributed by atoms with Crippen molar-refractivity contribution in [2.75, 3.05) is 32.8 Å². The molecule has 0 aromatic rings. The van der Waals surface area contributed by atoms with Crippen LogP contribution in [0.25, 0.3) is 0 Å². The highest BCUT2D eigenvalue weighted by Crippen LogP contribution is 2.13. The van der Waals surface area contributed by atoms with Crippen LogP contribution < -0.4 is 0 Å². The zero-order valence-electron chi connectivity index (χ0n) is 11.1. The normalized spacial score (nSPS) is 19.5. The van der Waals surface area contributed by atoms with Gasteiger partial charge in [-0.25, -0.2) is 0 Å². The maximum Gasteiger partial charge on any atom is 0.0704 e. The summed E-state index contributed by atoms with van der Waals surface area (Å²) in [6.07, 6.45) is 4.40. The smallest absolute Gasteiger partial charge is 0.0704 e. The van der Waals surface area contributed by atoms with E-state index in [1.54, 1.807) is 0 Å². The van der Waals surface area contributed by atoms with Crippen LogP contribution in [-0.2, 0) is 9.47 Å². The Morgan fingerprint density at radius 2 is 1.88 bits per heavy atom. The van der Waals surface area contributed by atoms with Gasteiger partial charge in [-0.2, -0.15) is 0 Å². The average Bonchev–Trinajstić information content (AvgIpc) is 2.27. The Kier molecular flexibility index (Phi) is 7.01. The summed E-state index contributed by atoms with van der Waals surface area (Å²) in [5.74, 6) is 0. The van der Waals surface area contributed by atoms with Crippen molar-refractivity contribution in [2.45, 2.75) is 52.2 Å². The summed E-state index contributed by atoms with van der Waals surface area (Å²) in [7, 11) is 0. The molecule has 1 heterocycles. The van der Waals surface area contributed by atoms with Crippen LogP contribution in [0, 0.1) is 0 Å². The fraction of sp³-hybridized carbons (Fsp3) is 1.00. The second kappa shape index (κ2) is 8.04. The SMILES string of the molecule is CCCN1CCC(OCCOC(C)C)CC1. The molecule has 1 fully saturated rings. The first kappa shape index (κ1) is 13.9. The van der Waals surface area contributed by atoms with Crippen molar-refractivity contribution in [3.8, 4) is 0 Å². The standard InChI is InChI=1S/C13H27NO2/c1-4-7-14-8-5-13(6-9-14)16-11-10-15-12(2)3/h12-13H,4-11H2,1-3H3. The van der Waals surface area contributed by atoms with E-state index in [4.69, 9.17) is 9.47 Å². The largest absolute Gasteiger partial charge is 0.376 e. The lowest BCUT2D eigenvalue weighted by Crippen LogP contribution is -2.37. The number of piperidine rings is 1. The third kappa shape index (κ3) is 5.83. The van der Waals surface area contributed by atoms with Gasteiger partial charge in [0.25, 0.3) is 0 Å². The molecule has 0 N–H and O–H groups in total. The van der Waals surface area contributed by atoms with Gasteiger partial charge in [-0.1, -0.05) is 6.92 Å². The van der Waals surface area contributed by atoms with Gasteiger partial charge in [0.2, 0.25) is 0 Å². The van der Waals surface area contributed by atoms with Crippen molar-refractivity contribution in [3.05, 3.63) is 0 Å². The molecular weight excluding hydrogens is 202 g/mol. The Morgan fingerprint density at radius 1 is 1.19 bits per heavy atom. The number of hydrogen-bond donors (Lipinski definition) is 0. The maximum absolute atomic E-state index is 5.81. The van der Waals surface area contributed by atoms with E-state index in [2.05, 4.69) is 25.7 Å². The fourth-order valence-electron chi connectivity index (χ4n) is 2.11. The molecular formula is C13H27NO2. The number of rotatable bonds is 7. The van der Waals surface area contributed by atoms with Gasteiger partial charge in [-0.15, -0.1) is 0 Å². The Balaban J connectivity index is 1.99. The predicted molar refractivity (Wildman–Crippen MR) is 66.8 cm³/mol. The van der Waals surface area contributed by atoms with E-state index in [0.717, 1.165) is 13.2 Å². The first-order chi connectivity index (χ1) is 7.72. The predicted octanol–water partition coefficient (Wildman–Crippen LogP) is 2.30. The molecule has 0 bridgehead atoms. The summed E-state index contributed by atoms with van der Waals surface area (Å²) in [5.41, 5.74) is 0. The van der Waals surface area contributed by atoms with Crippen LogP contribution in [0.15, 0.2) is 0 Å². The van der Waals surface area contributed by atoms with Crippen molar-refractivity contribution in [2.24, 2.45) is 0 Å². The molecule has 0 radical (unpaired) electrons. The van der Waals surface area contributed by atoms with E-state index in [1.165, 1.54) is 38.9 Å². The van der Waals surface area contributed by atoms with E-state index in [1.807, 2.05) is 0 Å². The molecule has 0 atom stereocenters. The molecule has 1 aliphatic rings. The lowest BCUT2D eigenvalue weighted by molar-refractivity contribution is -0.0334. The van der Waals surface area contributed by atoms with E-state index in [-0.39, 0.29) is 0 Å². The third-order valence-corrected chi connectivity index (χ3v) is 2.96. The van der Waals surface area contributed by atoms with E-state index >= 15 is 0 Å². The van der Waals surface area contributed by atoms with Gasteiger partial charge in [-0.3, -0.25) is 0 Å². The molecule has 1 aliphatic heterocycles. The van der Waals surface area contributed by atoms with E-state index in [0.29, 0.717) is 12.2 Å². The minimum absolute atomic E-state index is 0.315. The number of likely N-dealkylation sites (tertiary alicyclic amines) is 1. The highest BCUT2D eigenvalue weighted by atomic mass is 16.5. The summed E-state index contributed by atoms with van der Waals surface area (Å²) in [4.78, 5) is 2.53. The van der Waals surface area contributed by atoms with Gasteiger partial charge in [-0.05, 0) is 39.7 Å². The lowest BCUT2D eigenvalue weighted by Gasteiger charge is -2.31. The molecule has 3 heteroatoms. The zero-order chi connectivity index (χ0) is 11.8. The molecule has 0 aromatic carbocycles. The van der Waals surface area contributed by atoms with Crippen LogP contribution in [0.5, 0.6) is 0 Å². The van der Waals surface area contributed by atoms with Crippen LogP contribution in [0.2, 0.25) is 0 Å². The minimum Gasteiger partial charge on any atom is -0.376 e. The van der Waals surface area contributed by atoms with Crippen LogP contribution in [0.1, 0.15) is 40.0 Å². The van der Waals surface area contributed by atoms with Crippen molar-refractivity contribution in [1.29, 1.82) is 0 Å². The quantitative estimate of drug-likeness (QED) is 0.625. The Bertz CT molecular complexity index is 165. The maximum atomic E-state index is 5.81. The van der Waals surface area contributed by atoms with Crippen LogP contribution in [0.3, 0.4) is 0 Å². The summed E-state index contributed by atoms with van der Waals surface area (Å²) < 4.78 is 11.3. The van der Waals surface area contributed by atoms with E-state index < -0.39 is 0 Å². The van der Waals surface area contributed by atoms with Crippen molar-refractivity contribution in [1.82, 2.24) is 4.90 Å². The molecule has 16 heavy (non-hydrogen) atoms. The average molecular weight is 229 g/mol. The second-order valence-electron chi connectivity index (χ2n) is 4.83. The fourth-order valence-corrected chi connectivity index (χ4v) is 2.11. The molecule has 96 valence electrons. The molecule has 0 aromatic heterocycles. The summed E-state index contributed by atoms with van der Waals surface area (Å²) in [6.45, 7) is 11.5. The highest BCUT2D eigenvalue weighted by Gasteiger charge is 2.18. The molecule has 0 saturated carbocycles. The van der Waals surface area contributed by atoms with Crippen molar-refractivity contribution >= 4 is 0 Å². The summed E-state index contributed by atoms with van der Waals surface area (Å²) in [5, 5.41) is 0. The van der Waals surface area contributed by atoms with Crippen molar-refractivity contribution in [3.63, 3.8) is 0 Å². The Hall–Kier alpha value is -0.120. The molecule has 0 spiro atoms. The topological polar surface area (TPSA) is 21.7 Å². The number of ether oxygens (including phenoxy) is 2. The van der Waals surface area contributed by atoms with Crippen molar-refractivity contribution < 1.29 is 9.47 Å². The molecule has 0 unspecified atom stereocenters. The van der Waals surface area contributed by atoms with Gasteiger partial charge in [0.1, 0.15) is 0 Å². The Labute approximate surface area is 100 Å². The summed E-state index contributed by atoms with van der Waals surface area (Å²) in [6, 6.07) is 0. The molecule has 1 saturated heterocycles. The van der Waals surface area contributed by atoms with Gasteiger partial charge < -0.3 is 14.4 Å². The first-order valence-electron chi connectivity index (χ1n) is 6.68. The lowest BCUT2D eigenvalue weighted by atomic mass is 10.1. The van der Waals surface area contributed by atoms with Crippen LogP contribution >= 0.6 is 0 Å². The number of nitrogens with zero attached hydrogens (tertiary/aromatic N) is 1. The Morgan fingerprint density at radius 3 is 2.44 bits per heavy atom. The molecule has 1 rings (SSSR count). The zero-order valence-corrected chi connectivity index (χ0v) is 11.1. The van der Waals surface area contributed by atoms with E-state index in [9.17, 15) is 0 Å². The first-order valence-corrected chi connectivity index (χ1v) is 6.68. The van der Waals surface area contributed by atoms with Crippen LogP contribution in [-0.4, -0.2) is 50.0 Å². The van der Waals surface area contributed by atoms with Gasteiger partial charge in [0.15, 0.2) is 0 Å². The van der Waals surface area contributed by atoms with Gasteiger partial charge >= 0.3 is 0 Å². The summed E-state index contributed by atoms with van der Waals surface area (Å²) >= 11 is 0. The van der Waals surface area contributed by atoms with Crippen LogP contribution in [0.4, 0.5) is 0 Å². The number of hydrogen-bond acceptors (Lipinski definition) is 3. The van der Waals surface area contributed by atoms with Gasteiger partial charge in [0, 0.05) is 13.1 Å². The monoisotopic (exact) mass is 229 g/mol. The minimum atomic E-state index is 0.315. The second-order valence-corrected chi connectivity index (χ2v) is 4.83. The molecule has 0 aliphatic carbocycles. The third-order valence-electron chi connectivity index (χ3n) is 2.96.